The molecule has 1 spiro atoms. The van der Waals surface area contributed by atoms with E-state index >= 15 is 0 Å². The maximum Gasteiger partial charge on any atom is 0.251 e. The van der Waals surface area contributed by atoms with Gasteiger partial charge in [-0.3, -0.25) is 19.2 Å². The van der Waals surface area contributed by atoms with Gasteiger partial charge in [0.05, 0.1) is 12.2 Å². The van der Waals surface area contributed by atoms with Gasteiger partial charge in [0, 0.05) is 31.2 Å². The van der Waals surface area contributed by atoms with Gasteiger partial charge in [0.25, 0.3) is 11.8 Å². The summed E-state index contributed by atoms with van der Waals surface area (Å²) in [5.74, 6) is -1.88. The van der Waals surface area contributed by atoms with Crippen LogP contribution in [0.5, 0.6) is 0 Å². The summed E-state index contributed by atoms with van der Waals surface area (Å²) < 4.78 is 14.6. The fraction of sp³-hybridized carbons (Fsp3) is 0.484. The van der Waals surface area contributed by atoms with Crippen LogP contribution in [-0.2, 0) is 20.8 Å². The Morgan fingerprint density at radius 2 is 1.68 bits per heavy atom. The number of carbonyl (C=O) groups is 4. The van der Waals surface area contributed by atoms with Crippen molar-refractivity contribution in [1.29, 1.82) is 0 Å². The second-order valence-electron chi connectivity index (χ2n) is 11.4. The molecule has 2 saturated heterocycles. The number of benzene rings is 2. The number of nitrogens with zero attached hydrogens (tertiary/aromatic N) is 3. The highest BCUT2D eigenvalue weighted by atomic mass is 19.1. The second kappa shape index (κ2) is 12.3. The highest BCUT2D eigenvalue weighted by molar-refractivity contribution is 5.96. The lowest BCUT2D eigenvalue weighted by Crippen LogP contribution is -2.57. The molecule has 10 heteroatoms. The van der Waals surface area contributed by atoms with E-state index in [1.807, 2.05) is 30.3 Å². The first-order valence-electron chi connectivity index (χ1n) is 14.5. The third-order valence-electron chi connectivity index (χ3n) is 8.78. The Morgan fingerprint density at radius 1 is 0.976 bits per heavy atom. The summed E-state index contributed by atoms with van der Waals surface area (Å²) >= 11 is 0. The number of amides is 4. The summed E-state index contributed by atoms with van der Waals surface area (Å²) in [6.45, 7) is 1.07. The molecule has 9 nitrogen and oxygen atoms in total. The highest BCUT2D eigenvalue weighted by Gasteiger charge is 2.54. The van der Waals surface area contributed by atoms with Gasteiger partial charge in [0.15, 0.2) is 0 Å². The SMILES string of the molecule is NC(=O)c1cccc(CCC(=O)N2CCC3(CC2)C(=O)N(CC(=O)NC2CCCCC2)CN3c2ccccc2)c1F. The van der Waals surface area contributed by atoms with Crippen LogP contribution in [0, 0.1) is 5.82 Å². The Bertz CT molecular complexity index is 1290. The molecule has 4 amide bonds. The van der Waals surface area contributed by atoms with Crippen LogP contribution in [0.1, 0.15) is 67.3 Å². The van der Waals surface area contributed by atoms with Gasteiger partial charge in [-0.15, -0.1) is 0 Å². The van der Waals surface area contributed by atoms with Crippen molar-refractivity contribution >= 4 is 29.3 Å². The van der Waals surface area contributed by atoms with Crippen LogP contribution in [0.15, 0.2) is 48.5 Å². The molecule has 2 aromatic rings. The highest BCUT2D eigenvalue weighted by Crippen LogP contribution is 2.39. The molecule has 0 aromatic heterocycles. The molecule has 2 aromatic carbocycles. The molecule has 5 rings (SSSR count). The molecule has 1 saturated carbocycles. The summed E-state index contributed by atoms with van der Waals surface area (Å²) in [5, 5.41) is 3.12. The summed E-state index contributed by atoms with van der Waals surface area (Å²) in [6.07, 6.45) is 6.47. The van der Waals surface area contributed by atoms with E-state index in [4.69, 9.17) is 5.73 Å². The molecule has 1 aliphatic carbocycles. The number of nitrogens with one attached hydrogen (secondary N) is 1. The van der Waals surface area contributed by atoms with Gasteiger partial charge in [-0.05, 0) is 55.9 Å². The van der Waals surface area contributed by atoms with Crippen LogP contribution in [0.4, 0.5) is 10.1 Å². The maximum absolute atomic E-state index is 14.6. The Morgan fingerprint density at radius 3 is 2.37 bits per heavy atom. The number of rotatable bonds is 8. The van der Waals surface area contributed by atoms with Crippen molar-refractivity contribution in [2.75, 3.05) is 31.2 Å². The standard InChI is InChI=1S/C31H38FN5O4/c32-28-22(8-7-13-25(28)29(33)40)14-15-27(39)35-18-16-31(17-19-35)30(41)36(21-37(31)24-11-5-2-6-12-24)20-26(38)34-23-9-3-1-4-10-23/h2,5-8,11-13,23H,1,3-4,9-10,14-21H2,(H2,33,40)(H,34,38). The molecule has 2 aliphatic heterocycles. The van der Waals surface area contributed by atoms with Crippen LogP contribution in [0.2, 0.25) is 0 Å². The number of hydrogen-bond donors (Lipinski definition) is 2. The number of primary amides is 1. The molecule has 3 aliphatic rings. The van der Waals surface area contributed by atoms with Gasteiger partial charge in [-0.2, -0.15) is 0 Å². The minimum atomic E-state index is -0.846. The number of likely N-dealkylation sites (tertiary alicyclic amines) is 1. The van der Waals surface area contributed by atoms with E-state index in [9.17, 15) is 23.6 Å². The van der Waals surface area contributed by atoms with E-state index in [0.717, 1.165) is 31.4 Å². The monoisotopic (exact) mass is 563 g/mol. The van der Waals surface area contributed by atoms with E-state index in [2.05, 4.69) is 10.2 Å². The van der Waals surface area contributed by atoms with Gasteiger partial charge in [-0.1, -0.05) is 49.6 Å². The normalized spacial score (nSPS) is 19.0. The average molecular weight is 564 g/mol. The van der Waals surface area contributed by atoms with E-state index in [1.165, 1.54) is 12.5 Å². The number of para-hydroxylation sites is 1. The molecule has 0 bridgehead atoms. The zero-order chi connectivity index (χ0) is 29.0. The fourth-order valence-corrected chi connectivity index (χ4v) is 6.50. The van der Waals surface area contributed by atoms with E-state index in [1.54, 1.807) is 21.9 Å². The molecule has 41 heavy (non-hydrogen) atoms. The third kappa shape index (κ3) is 6.06. The second-order valence-corrected chi connectivity index (χ2v) is 11.4. The lowest BCUT2D eigenvalue weighted by molar-refractivity contribution is -0.140. The lowest BCUT2D eigenvalue weighted by Gasteiger charge is -2.43. The van der Waals surface area contributed by atoms with Crippen molar-refractivity contribution < 1.29 is 23.6 Å². The summed E-state index contributed by atoms with van der Waals surface area (Å²) in [7, 11) is 0. The molecular formula is C31H38FN5O4. The van der Waals surface area contributed by atoms with Crippen LogP contribution in [0.3, 0.4) is 0 Å². The minimum Gasteiger partial charge on any atom is -0.366 e. The summed E-state index contributed by atoms with van der Waals surface area (Å²) in [4.78, 5) is 56.8. The Hall–Kier alpha value is -3.95. The lowest BCUT2D eigenvalue weighted by atomic mass is 9.85. The number of carbonyl (C=O) groups excluding carboxylic acids is 4. The predicted octanol–water partition coefficient (Wildman–Crippen LogP) is 2.97. The smallest absolute Gasteiger partial charge is 0.251 e. The van der Waals surface area contributed by atoms with Gasteiger partial charge in [0.1, 0.15) is 17.9 Å². The van der Waals surface area contributed by atoms with Crippen LogP contribution in [-0.4, -0.2) is 71.3 Å². The first kappa shape index (κ1) is 28.6. The topological polar surface area (TPSA) is 116 Å². The quantitative estimate of drug-likeness (QED) is 0.513. The molecular weight excluding hydrogens is 525 g/mol. The van der Waals surface area contributed by atoms with Crippen molar-refractivity contribution in [3.63, 3.8) is 0 Å². The average Bonchev–Trinajstić information content (AvgIpc) is 3.23. The van der Waals surface area contributed by atoms with E-state index < -0.39 is 17.3 Å². The van der Waals surface area contributed by atoms with E-state index in [-0.39, 0.29) is 54.3 Å². The van der Waals surface area contributed by atoms with Gasteiger partial charge < -0.3 is 25.8 Å². The maximum atomic E-state index is 14.6. The molecule has 3 N–H and O–H groups in total. The number of anilines is 1. The number of hydrogen-bond acceptors (Lipinski definition) is 5. The number of halogens is 1. The summed E-state index contributed by atoms with van der Waals surface area (Å²) in [6, 6.07) is 14.3. The number of aryl methyl sites for hydroxylation is 1. The van der Waals surface area contributed by atoms with Crippen LogP contribution < -0.4 is 16.0 Å². The Balaban J connectivity index is 1.24. The first-order chi connectivity index (χ1) is 19.8. The van der Waals surface area contributed by atoms with Crippen molar-refractivity contribution in [1.82, 2.24) is 15.1 Å². The Kier molecular flexibility index (Phi) is 8.56. The zero-order valence-electron chi connectivity index (χ0n) is 23.3. The number of piperidine rings is 1. The van der Waals surface area contributed by atoms with E-state index in [0.29, 0.717) is 32.6 Å². The zero-order valence-corrected chi connectivity index (χ0v) is 23.3. The van der Waals surface area contributed by atoms with Crippen molar-refractivity contribution in [3.8, 4) is 0 Å². The molecule has 0 atom stereocenters. The fourth-order valence-electron chi connectivity index (χ4n) is 6.50. The van der Waals surface area contributed by atoms with Gasteiger partial charge in [-0.25, -0.2) is 4.39 Å². The number of nitrogens with two attached hydrogens (primary N) is 1. The molecule has 3 fully saturated rings. The molecule has 0 unspecified atom stereocenters. The predicted molar refractivity (Wildman–Crippen MR) is 152 cm³/mol. The van der Waals surface area contributed by atoms with Crippen LogP contribution in [0.25, 0.3) is 0 Å². The van der Waals surface area contributed by atoms with Gasteiger partial charge in [0.2, 0.25) is 11.8 Å². The van der Waals surface area contributed by atoms with Crippen LogP contribution >= 0.6 is 0 Å². The minimum absolute atomic E-state index is 0.0129. The van der Waals surface area contributed by atoms with Crippen molar-refractivity contribution in [3.05, 3.63) is 65.5 Å². The largest absolute Gasteiger partial charge is 0.366 e. The molecule has 2 heterocycles. The van der Waals surface area contributed by atoms with Gasteiger partial charge >= 0.3 is 0 Å². The first-order valence-corrected chi connectivity index (χ1v) is 14.5. The van der Waals surface area contributed by atoms with Crippen molar-refractivity contribution in [2.45, 2.75) is 69.4 Å². The third-order valence-corrected chi connectivity index (χ3v) is 8.78. The Labute approximate surface area is 239 Å². The van der Waals surface area contributed by atoms with Crippen molar-refractivity contribution in [2.24, 2.45) is 5.73 Å². The molecule has 0 radical (unpaired) electrons. The molecule has 218 valence electrons. The summed E-state index contributed by atoms with van der Waals surface area (Å²) in [5.41, 5.74) is 5.39.